The molecule has 7 heteroatoms. The van der Waals surface area contributed by atoms with Crippen molar-refractivity contribution in [2.75, 3.05) is 23.8 Å². The predicted octanol–water partition coefficient (Wildman–Crippen LogP) is 0.300. The Kier molecular flexibility index (Phi) is 7.45. The van der Waals surface area contributed by atoms with E-state index < -0.39 is 16.0 Å². The van der Waals surface area contributed by atoms with Crippen LogP contribution in [0.2, 0.25) is 0 Å². The van der Waals surface area contributed by atoms with Crippen LogP contribution in [-0.2, 0) is 14.8 Å². The van der Waals surface area contributed by atoms with Gasteiger partial charge in [-0.2, -0.15) is 11.8 Å². The zero-order valence-electron chi connectivity index (χ0n) is 8.31. The Bertz CT molecular complexity index is 300. The van der Waals surface area contributed by atoms with E-state index in [-0.39, 0.29) is 12.2 Å². The molecule has 0 aromatic heterocycles. The molecule has 0 radical (unpaired) electrons. The topological polar surface area (TPSA) is 83.5 Å². The molecule has 5 nitrogen and oxygen atoms in total. The van der Waals surface area contributed by atoms with Crippen LogP contribution in [0.25, 0.3) is 0 Å². The fraction of sp³-hybridized carbons (Fsp3) is 0.625. The lowest BCUT2D eigenvalue weighted by Crippen LogP contribution is -2.29. The molecule has 15 heavy (non-hydrogen) atoms. The van der Waals surface area contributed by atoms with Gasteiger partial charge in [0.1, 0.15) is 0 Å². The van der Waals surface area contributed by atoms with Crippen LogP contribution >= 0.6 is 11.8 Å². The van der Waals surface area contributed by atoms with Crippen molar-refractivity contribution >= 4 is 27.8 Å². The Morgan fingerprint density at radius 3 is 2.73 bits per heavy atom. The van der Waals surface area contributed by atoms with Crippen LogP contribution in [0.15, 0.2) is 12.7 Å². The van der Waals surface area contributed by atoms with Gasteiger partial charge in [0, 0.05) is 18.1 Å². The fourth-order valence-electron chi connectivity index (χ4n) is 0.730. The van der Waals surface area contributed by atoms with Crippen LogP contribution in [-0.4, -0.2) is 43.3 Å². The first kappa shape index (κ1) is 14.5. The van der Waals surface area contributed by atoms with E-state index >= 15 is 0 Å². The molecule has 0 bridgehead atoms. The lowest BCUT2D eigenvalue weighted by atomic mass is 10.5. The Hall–Kier alpha value is -0.530. The summed E-state index contributed by atoms with van der Waals surface area (Å²) in [5, 5.41) is 8.31. The summed E-state index contributed by atoms with van der Waals surface area (Å²) >= 11 is 1.56. The van der Waals surface area contributed by atoms with Crippen LogP contribution in [0.1, 0.15) is 6.42 Å². The Morgan fingerprint density at radius 1 is 1.53 bits per heavy atom. The number of hydrogen-bond donors (Lipinski definition) is 2. The highest BCUT2D eigenvalue weighted by molar-refractivity contribution is 7.99. The van der Waals surface area contributed by atoms with Gasteiger partial charge in [0.15, 0.2) is 0 Å². The molecule has 0 aliphatic carbocycles. The van der Waals surface area contributed by atoms with E-state index in [0.717, 1.165) is 5.75 Å². The van der Waals surface area contributed by atoms with E-state index in [9.17, 15) is 13.2 Å². The number of carboxylic acid groups (broad SMARTS) is 1. The van der Waals surface area contributed by atoms with Gasteiger partial charge < -0.3 is 5.11 Å². The van der Waals surface area contributed by atoms with Crippen molar-refractivity contribution < 1.29 is 18.3 Å². The number of carbonyl (C=O) groups is 1. The van der Waals surface area contributed by atoms with E-state index in [2.05, 4.69) is 11.3 Å². The van der Waals surface area contributed by atoms with Gasteiger partial charge in [0.05, 0.1) is 12.2 Å². The number of aliphatic carboxylic acids is 1. The first-order valence-corrected chi connectivity index (χ1v) is 7.16. The fourth-order valence-corrected chi connectivity index (χ4v) is 2.44. The van der Waals surface area contributed by atoms with Gasteiger partial charge in [0.25, 0.3) is 0 Å². The number of nitrogens with one attached hydrogen (secondary N) is 1. The molecular weight excluding hydrogens is 238 g/mol. The molecule has 0 aliphatic rings. The molecule has 88 valence electrons. The predicted molar refractivity (Wildman–Crippen MR) is 61.6 cm³/mol. The highest BCUT2D eigenvalue weighted by Gasteiger charge is 2.11. The molecule has 0 spiro atoms. The number of sulfonamides is 1. The van der Waals surface area contributed by atoms with Crippen molar-refractivity contribution in [3.63, 3.8) is 0 Å². The number of rotatable bonds is 9. The minimum atomic E-state index is -3.43. The average molecular weight is 253 g/mol. The third-order valence-electron chi connectivity index (χ3n) is 1.39. The van der Waals surface area contributed by atoms with Gasteiger partial charge in [-0.15, -0.1) is 6.58 Å². The molecule has 0 atom stereocenters. The molecule has 0 rings (SSSR count). The molecular formula is C8H15NO4S2. The average Bonchev–Trinajstić information content (AvgIpc) is 2.15. The number of carboxylic acids is 1. The third kappa shape index (κ3) is 9.77. The summed E-state index contributed by atoms with van der Waals surface area (Å²) in [6.45, 7) is 3.85. The molecule has 0 unspecified atom stereocenters. The zero-order valence-corrected chi connectivity index (χ0v) is 9.94. The van der Waals surface area contributed by atoms with E-state index in [4.69, 9.17) is 5.11 Å². The van der Waals surface area contributed by atoms with Crippen molar-refractivity contribution in [3.8, 4) is 0 Å². The standard InChI is InChI=1S/C8H15NO4S2/c1-2-5-14-6-4-9-15(12,13)7-3-8(10)11/h2,9H,1,3-7H2,(H,10,11). The van der Waals surface area contributed by atoms with Gasteiger partial charge >= 0.3 is 5.97 Å². The van der Waals surface area contributed by atoms with Crippen LogP contribution in [0.5, 0.6) is 0 Å². The van der Waals surface area contributed by atoms with Gasteiger partial charge in [0.2, 0.25) is 10.0 Å². The maximum absolute atomic E-state index is 11.2. The first-order chi connectivity index (χ1) is 6.98. The second-order valence-electron chi connectivity index (χ2n) is 2.72. The normalized spacial score (nSPS) is 11.2. The van der Waals surface area contributed by atoms with Crippen LogP contribution in [0.4, 0.5) is 0 Å². The number of hydrogen-bond acceptors (Lipinski definition) is 4. The number of thioether (sulfide) groups is 1. The Morgan fingerprint density at radius 2 is 2.20 bits per heavy atom. The maximum atomic E-state index is 11.2. The summed E-state index contributed by atoms with van der Waals surface area (Å²) in [5.74, 6) is -0.0506. The Labute approximate surface area is 94.0 Å². The summed E-state index contributed by atoms with van der Waals surface area (Å²) < 4.78 is 24.7. The first-order valence-electron chi connectivity index (χ1n) is 4.35. The highest BCUT2D eigenvalue weighted by atomic mass is 32.2. The monoisotopic (exact) mass is 253 g/mol. The van der Waals surface area contributed by atoms with Crippen molar-refractivity contribution in [2.45, 2.75) is 6.42 Å². The molecule has 0 fully saturated rings. The molecule has 0 saturated carbocycles. The quantitative estimate of drug-likeness (QED) is 0.456. The molecule has 0 aromatic rings. The summed E-state index contributed by atoms with van der Waals surface area (Å²) in [5.41, 5.74) is 0. The van der Waals surface area contributed by atoms with E-state index in [0.29, 0.717) is 12.3 Å². The molecule has 0 heterocycles. The van der Waals surface area contributed by atoms with Crippen LogP contribution in [0, 0.1) is 0 Å². The minimum absolute atomic E-state index is 0.320. The van der Waals surface area contributed by atoms with E-state index in [1.54, 1.807) is 17.8 Å². The zero-order chi connectivity index (χ0) is 11.7. The van der Waals surface area contributed by atoms with E-state index in [1.165, 1.54) is 0 Å². The molecule has 0 saturated heterocycles. The summed E-state index contributed by atoms with van der Waals surface area (Å²) in [4.78, 5) is 10.2. The highest BCUT2D eigenvalue weighted by Crippen LogP contribution is 1.98. The van der Waals surface area contributed by atoms with Crippen molar-refractivity contribution in [1.29, 1.82) is 0 Å². The van der Waals surface area contributed by atoms with Gasteiger partial charge in [-0.1, -0.05) is 6.08 Å². The second kappa shape index (κ2) is 7.72. The van der Waals surface area contributed by atoms with Gasteiger partial charge in [-0.25, -0.2) is 13.1 Å². The molecule has 0 aliphatic heterocycles. The lowest BCUT2D eigenvalue weighted by Gasteiger charge is -2.04. The molecule has 0 aromatic carbocycles. The molecule has 0 amide bonds. The van der Waals surface area contributed by atoms with Crippen LogP contribution < -0.4 is 4.72 Å². The van der Waals surface area contributed by atoms with E-state index in [1.807, 2.05) is 0 Å². The summed E-state index contributed by atoms with van der Waals surface area (Å²) in [6, 6.07) is 0. The third-order valence-corrected chi connectivity index (χ3v) is 3.74. The minimum Gasteiger partial charge on any atom is -0.481 e. The van der Waals surface area contributed by atoms with Crippen molar-refractivity contribution in [2.24, 2.45) is 0 Å². The second-order valence-corrected chi connectivity index (χ2v) is 5.80. The molecule has 2 N–H and O–H groups in total. The maximum Gasteiger partial charge on any atom is 0.304 e. The SMILES string of the molecule is C=CCSCCNS(=O)(=O)CCC(=O)O. The van der Waals surface area contributed by atoms with Crippen molar-refractivity contribution in [3.05, 3.63) is 12.7 Å². The lowest BCUT2D eigenvalue weighted by molar-refractivity contribution is -0.136. The van der Waals surface area contributed by atoms with Crippen LogP contribution in [0.3, 0.4) is 0 Å². The van der Waals surface area contributed by atoms with Crippen molar-refractivity contribution in [1.82, 2.24) is 4.72 Å². The largest absolute Gasteiger partial charge is 0.481 e. The smallest absolute Gasteiger partial charge is 0.304 e. The Balaban J connectivity index is 3.65. The summed E-state index contributed by atoms with van der Waals surface area (Å²) in [6.07, 6.45) is 1.37. The van der Waals surface area contributed by atoms with Gasteiger partial charge in [-0.3, -0.25) is 4.79 Å². The summed E-state index contributed by atoms with van der Waals surface area (Å²) in [7, 11) is -3.43. The van der Waals surface area contributed by atoms with Gasteiger partial charge in [-0.05, 0) is 0 Å².